The van der Waals surface area contributed by atoms with Gasteiger partial charge in [-0.25, -0.2) is 0 Å². The summed E-state index contributed by atoms with van der Waals surface area (Å²) in [6.07, 6.45) is 1.85. The molecule has 5 heteroatoms. The van der Waals surface area contributed by atoms with Crippen LogP contribution in [0.1, 0.15) is 18.4 Å². The fourth-order valence-electron chi connectivity index (χ4n) is 2.19. The average Bonchev–Trinajstić information content (AvgIpc) is 3.03. The summed E-state index contributed by atoms with van der Waals surface area (Å²) >= 11 is 5.08. The van der Waals surface area contributed by atoms with Crippen LogP contribution in [0.5, 0.6) is 0 Å². The molecule has 1 saturated carbocycles. The van der Waals surface area contributed by atoms with E-state index in [9.17, 15) is 4.79 Å². The zero-order chi connectivity index (χ0) is 12.6. The van der Waals surface area contributed by atoms with Crippen LogP contribution in [0.3, 0.4) is 0 Å². The van der Waals surface area contributed by atoms with E-state index in [1.807, 2.05) is 24.3 Å². The van der Waals surface area contributed by atoms with E-state index in [-0.39, 0.29) is 11.3 Å². The number of rotatable bonds is 2. The molecule has 1 fully saturated rings. The molecule has 0 spiro atoms. The van der Waals surface area contributed by atoms with Crippen LogP contribution in [0, 0.1) is 0 Å². The van der Waals surface area contributed by atoms with Crippen molar-refractivity contribution in [2.24, 2.45) is 4.99 Å². The number of carbonyl (C=O) groups is 1. The summed E-state index contributed by atoms with van der Waals surface area (Å²) in [5, 5.41) is 3.74. The van der Waals surface area contributed by atoms with E-state index < -0.39 is 0 Å². The zero-order valence-corrected chi connectivity index (χ0v) is 12.2. The Balaban J connectivity index is 1.80. The van der Waals surface area contributed by atoms with E-state index in [1.165, 1.54) is 0 Å². The Morgan fingerprint density at radius 3 is 2.89 bits per heavy atom. The first-order valence-corrected chi connectivity index (χ1v) is 7.73. The molecule has 0 atom stereocenters. The van der Waals surface area contributed by atoms with Crippen LogP contribution in [-0.4, -0.2) is 23.4 Å². The van der Waals surface area contributed by atoms with E-state index in [4.69, 9.17) is 0 Å². The van der Waals surface area contributed by atoms with Crippen LogP contribution < -0.4 is 5.32 Å². The third-order valence-corrected chi connectivity index (χ3v) is 4.75. The molecule has 0 radical (unpaired) electrons. The van der Waals surface area contributed by atoms with E-state index in [0.29, 0.717) is 0 Å². The third kappa shape index (κ3) is 2.21. The molecule has 0 saturated heterocycles. The molecule has 1 aromatic carbocycles. The Bertz CT molecular complexity index is 525. The van der Waals surface area contributed by atoms with Crippen LogP contribution in [0.25, 0.3) is 0 Å². The van der Waals surface area contributed by atoms with E-state index in [2.05, 4.69) is 26.2 Å². The number of nitrogens with one attached hydrogen (secondary N) is 1. The second kappa shape index (κ2) is 4.70. The van der Waals surface area contributed by atoms with Gasteiger partial charge in [0.15, 0.2) is 5.17 Å². The number of benzene rings is 1. The number of hydrogen-bond donors (Lipinski definition) is 1. The maximum absolute atomic E-state index is 12.4. The first-order valence-electron chi connectivity index (χ1n) is 5.95. The lowest BCUT2D eigenvalue weighted by Gasteiger charge is -2.15. The van der Waals surface area contributed by atoms with Crippen LogP contribution in [0.4, 0.5) is 0 Å². The quantitative estimate of drug-likeness (QED) is 0.908. The van der Waals surface area contributed by atoms with Crippen LogP contribution in [-0.2, 0) is 10.2 Å². The van der Waals surface area contributed by atoms with Crippen molar-refractivity contribution in [1.82, 2.24) is 5.32 Å². The Morgan fingerprint density at radius 2 is 2.28 bits per heavy atom. The standard InChI is InChI=1S/C13H13BrN2OS/c14-10-3-1-2-9(8-10)13(4-5-13)11(17)16-12-15-6-7-18-12/h1-3,8H,4-7H2,(H,15,16,17). The number of nitrogens with zero attached hydrogens (tertiary/aromatic N) is 1. The first kappa shape index (κ1) is 12.2. The molecule has 0 unspecified atom stereocenters. The van der Waals surface area contributed by atoms with E-state index in [0.717, 1.165) is 40.3 Å². The van der Waals surface area contributed by atoms with Crippen molar-refractivity contribution < 1.29 is 4.79 Å². The lowest BCUT2D eigenvalue weighted by atomic mass is 9.95. The molecule has 1 N–H and O–H groups in total. The van der Waals surface area contributed by atoms with Gasteiger partial charge in [0.2, 0.25) is 5.91 Å². The SMILES string of the molecule is O=C(NC1=NCCS1)C1(c2cccc(Br)c2)CC1. The predicted molar refractivity (Wildman–Crippen MR) is 78.0 cm³/mol. The van der Waals surface area contributed by atoms with Gasteiger partial charge in [0.1, 0.15) is 0 Å². The summed E-state index contributed by atoms with van der Waals surface area (Å²) in [5.74, 6) is 1.06. The Labute approximate surface area is 119 Å². The normalized spacial score (nSPS) is 20.4. The maximum atomic E-state index is 12.4. The number of amides is 1. The number of amidine groups is 1. The number of carbonyl (C=O) groups excluding carboxylic acids is 1. The number of aliphatic imine (C=N–C) groups is 1. The van der Waals surface area contributed by atoms with Crippen LogP contribution in [0.15, 0.2) is 33.7 Å². The van der Waals surface area contributed by atoms with Crippen LogP contribution in [0.2, 0.25) is 0 Å². The van der Waals surface area contributed by atoms with Crippen molar-refractivity contribution >= 4 is 38.8 Å². The molecular weight excluding hydrogens is 312 g/mol. The van der Waals surface area contributed by atoms with Gasteiger partial charge in [-0.2, -0.15) is 0 Å². The highest BCUT2D eigenvalue weighted by Crippen LogP contribution is 2.49. The molecule has 18 heavy (non-hydrogen) atoms. The molecule has 0 aromatic heterocycles. The monoisotopic (exact) mass is 324 g/mol. The minimum absolute atomic E-state index is 0.0914. The fraction of sp³-hybridized carbons (Fsp3) is 0.385. The number of halogens is 1. The van der Waals surface area contributed by atoms with Gasteiger partial charge in [-0.1, -0.05) is 39.8 Å². The summed E-state index contributed by atoms with van der Waals surface area (Å²) in [7, 11) is 0. The number of thioether (sulfide) groups is 1. The van der Waals surface area contributed by atoms with Crippen molar-refractivity contribution in [3.63, 3.8) is 0 Å². The maximum Gasteiger partial charge on any atom is 0.236 e. The molecule has 1 amide bonds. The molecule has 1 aromatic rings. The predicted octanol–water partition coefficient (Wildman–Crippen LogP) is 2.70. The lowest BCUT2D eigenvalue weighted by Crippen LogP contribution is -2.37. The average molecular weight is 325 g/mol. The largest absolute Gasteiger partial charge is 0.305 e. The molecule has 2 aliphatic rings. The highest BCUT2D eigenvalue weighted by Gasteiger charge is 2.51. The molecule has 3 nitrogen and oxygen atoms in total. The van der Waals surface area contributed by atoms with Crippen LogP contribution >= 0.6 is 27.7 Å². The van der Waals surface area contributed by atoms with Gasteiger partial charge in [-0.15, -0.1) is 0 Å². The van der Waals surface area contributed by atoms with E-state index >= 15 is 0 Å². The summed E-state index contributed by atoms with van der Waals surface area (Å²) < 4.78 is 1.02. The summed E-state index contributed by atoms with van der Waals surface area (Å²) in [5.41, 5.74) is 0.771. The lowest BCUT2D eigenvalue weighted by molar-refractivity contribution is -0.122. The molecule has 1 aliphatic carbocycles. The summed E-state index contributed by atoms with van der Waals surface area (Å²) in [6.45, 7) is 0.810. The fourth-order valence-corrected chi connectivity index (χ4v) is 3.31. The van der Waals surface area contributed by atoms with E-state index in [1.54, 1.807) is 11.8 Å². The van der Waals surface area contributed by atoms with Crippen molar-refractivity contribution in [2.45, 2.75) is 18.3 Å². The Hall–Kier alpha value is -0.810. The summed E-state index contributed by atoms with van der Waals surface area (Å²) in [6, 6.07) is 8.03. The Morgan fingerprint density at radius 1 is 1.44 bits per heavy atom. The smallest absolute Gasteiger partial charge is 0.236 e. The topological polar surface area (TPSA) is 41.5 Å². The molecule has 3 rings (SSSR count). The minimum atomic E-state index is -0.324. The van der Waals surface area contributed by atoms with Gasteiger partial charge >= 0.3 is 0 Å². The summed E-state index contributed by atoms with van der Waals surface area (Å²) in [4.78, 5) is 16.6. The van der Waals surface area contributed by atoms with Gasteiger partial charge in [-0.05, 0) is 30.5 Å². The van der Waals surface area contributed by atoms with Gasteiger partial charge in [0.05, 0.1) is 12.0 Å². The van der Waals surface area contributed by atoms with Gasteiger partial charge in [-0.3, -0.25) is 9.79 Å². The van der Waals surface area contributed by atoms with Crippen molar-refractivity contribution in [3.05, 3.63) is 34.3 Å². The van der Waals surface area contributed by atoms with Crippen molar-refractivity contribution in [2.75, 3.05) is 12.3 Å². The highest BCUT2D eigenvalue weighted by atomic mass is 79.9. The van der Waals surface area contributed by atoms with Gasteiger partial charge in [0, 0.05) is 10.2 Å². The second-order valence-corrected chi connectivity index (χ2v) is 6.58. The molecule has 94 valence electrons. The molecule has 0 bridgehead atoms. The molecular formula is C13H13BrN2OS. The Kier molecular flexibility index (Phi) is 3.20. The number of hydrogen-bond acceptors (Lipinski definition) is 3. The molecule has 1 heterocycles. The molecule has 1 aliphatic heterocycles. The third-order valence-electron chi connectivity index (χ3n) is 3.37. The van der Waals surface area contributed by atoms with Crippen molar-refractivity contribution in [3.8, 4) is 0 Å². The van der Waals surface area contributed by atoms with Crippen molar-refractivity contribution in [1.29, 1.82) is 0 Å². The highest BCUT2D eigenvalue weighted by molar-refractivity contribution is 9.10. The van der Waals surface area contributed by atoms with Gasteiger partial charge < -0.3 is 5.32 Å². The first-order chi connectivity index (χ1) is 8.71. The zero-order valence-electron chi connectivity index (χ0n) is 9.78. The second-order valence-electron chi connectivity index (χ2n) is 4.58. The van der Waals surface area contributed by atoms with Gasteiger partial charge in [0.25, 0.3) is 0 Å². The minimum Gasteiger partial charge on any atom is -0.305 e.